The zero-order valence-corrected chi connectivity index (χ0v) is 11.5. The van der Waals surface area contributed by atoms with Gasteiger partial charge in [0, 0.05) is 5.39 Å². The molecule has 106 valence electrons. The third-order valence-corrected chi connectivity index (χ3v) is 3.37. The second kappa shape index (κ2) is 4.63. The van der Waals surface area contributed by atoms with Gasteiger partial charge in [-0.1, -0.05) is 6.07 Å². The Hall–Kier alpha value is -2.82. The molecule has 0 saturated carbocycles. The fraction of sp³-hybridized carbons (Fsp3) is 0.125. The molecule has 3 rings (SSSR count). The van der Waals surface area contributed by atoms with Gasteiger partial charge >= 0.3 is 0 Å². The number of aryl methyl sites for hydroxylation is 1. The minimum atomic E-state index is -0.480. The molecule has 1 heterocycles. The van der Waals surface area contributed by atoms with E-state index in [4.69, 9.17) is 9.15 Å². The van der Waals surface area contributed by atoms with Crippen molar-refractivity contribution < 1.29 is 14.3 Å². The molecule has 1 aromatic rings. The Morgan fingerprint density at radius 3 is 2.57 bits per heavy atom. The van der Waals surface area contributed by atoms with Crippen molar-refractivity contribution in [3.8, 4) is 11.5 Å². The molecule has 1 aliphatic carbocycles. The quantitative estimate of drug-likeness (QED) is 0.738. The number of phenolic OH excluding ortho intramolecular Hbond substituents is 1. The average molecular weight is 284 g/mol. The van der Waals surface area contributed by atoms with E-state index in [0.29, 0.717) is 5.76 Å². The van der Waals surface area contributed by atoms with E-state index in [1.54, 1.807) is 25.1 Å². The van der Waals surface area contributed by atoms with Gasteiger partial charge in [0.2, 0.25) is 5.43 Å². The highest BCUT2D eigenvalue weighted by atomic mass is 16.5. The molecule has 21 heavy (non-hydrogen) atoms. The second-order valence-electron chi connectivity index (χ2n) is 4.68. The lowest BCUT2D eigenvalue weighted by molar-refractivity contribution is 0.377. The van der Waals surface area contributed by atoms with Gasteiger partial charge in [-0.2, -0.15) is 0 Å². The van der Waals surface area contributed by atoms with Crippen LogP contribution in [-0.4, -0.2) is 12.2 Å². The van der Waals surface area contributed by atoms with Crippen molar-refractivity contribution >= 4 is 10.8 Å². The molecular weight excluding hydrogens is 272 g/mol. The molecule has 1 N–H and O–H groups in total. The Balaban J connectivity index is 2.79. The maximum absolute atomic E-state index is 12.6. The molecule has 0 aromatic heterocycles. The Kier molecular flexibility index (Phi) is 2.90. The van der Waals surface area contributed by atoms with E-state index >= 15 is 0 Å². The molecule has 2 aliphatic rings. The van der Waals surface area contributed by atoms with Gasteiger partial charge in [0.05, 0.1) is 17.7 Å². The summed E-state index contributed by atoms with van der Waals surface area (Å²) in [6.07, 6.45) is 0. The summed E-state index contributed by atoms with van der Waals surface area (Å²) in [5.41, 5.74) is -0.859. The predicted molar refractivity (Wildman–Crippen MR) is 77.0 cm³/mol. The highest BCUT2D eigenvalue weighted by Crippen LogP contribution is 2.31. The number of rotatable bonds is 1. The summed E-state index contributed by atoms with van der Waals surface area (Å²) in [4.78, 5) is 25.2. The molecule has 0 fully saturated rings. The molecule has 0 atom stereocenters. The van der Waals surface area contributed by atoms with Gasteiger partial charge in [0.15, 0.2) is 22.3 Å². The minimum absolute atomic E-state index is 0.0177. The maximum atomic E-state index is 12.6. The number of hydrogen-bond acceptors (Lipinski definition) is 5. The van der Waals surface area contributed by atoms with Crippen molar-refractivity contribution in [3.05, 3.63) is 67.2 Å². The molecule has 5 nitrogen and oxygen atoms in total. The van der Waals surface area contributed by atoms with Crippen molar-refractivity contribution in [2.45, 2.75) is 6.92 Å². The zero-order chi connectivity index (χ0) is 15.1. The lowest BCUT2D eigenvalue weighted by Crippen LogP contribution is -2.15. The highest BCUT2D eigenvalue weighted by Gasteiger charge is 2.16. The highest BCUT2D eigenvalue weighted by molar-refractivity contribution is 5.90. The zero-order valence-electron chi connectivity index (χ0n) is 11.5. The largest absolute Gasteiger partial charge is 0.504 e. The number of aromatic hydroxyl groups is 1. The van der Waals surface area contributed by atoms with E-state index < -0.39 is 5.43 Å². The van der Waals surface area contributed by atoms with Gasteiger partial charge in [-0.15, -0.1) is 0 Å². The van der Waals surface area contributed by atoms with E-state index in [1.807, 2.05) is 0 Å². The van der Waals surface area contributed by atoms with Gasteiger partial charge < -0.3 is 14.3 Å². The van der Waals surface area contributed by atoms with Crippen molar-refractivity contribution in [2.24, 2.45) is 0 Å². The molecule has 0 saturated heterocycles. The van der Waals surface area contributed by atoms with Crippen LogP contribution in [0.3, 0.4) is 0 Å². The van der Waals surface area contributed by atoms with Crippen LogP contribution in [0.2, 0.25) is 0 Å². The first-order valence-corrected chi connectivity index (χ1v) is 6.31. The Labute approximate surface area is 118 Å². The molecule has 1 aromatic carbocycles. The van der Waals surface area contributed by atoms with Crippen molar-refractivity contribution in [1.82, 2.24) is 0 Å². The first kappa shape index (κ1) is 13.2. The number of ether oxygens (including phenoxy) is 1. The van der Waals surface area contributed by atoms with E-state index in [1.165, 1.54) is 19.2 Å². The lowest BCUT2D eigenvalue weighted by atomic mass is 10.1. The Morgan fingerprint density at radius 1 is 1.10 bits per heavy atom. The topological polar surface area (TPSA) is 76.7 Å². The summed E-state index contributed by atoms with van der Waals surface area (Å²) in [5, 5.41) is 10.2. The molecule has 0 bridgehead atoms. The number of hydrogen-bond donors (Lipinski definition) is 1. The fourth-order valence-corrected chi connectivity index (χ4v) is 2.40. The summed E-state index contributed by atoms with van der Waals surface area (Å²) in [6, 6.07) is 7.62. The van der Waals surface area contributed by atoms with Crippen molar-refractivity contribution in [3.63, 3.8) is 0 Å². The molecule has 0 radical (unpaired) electrons. The summed E-state index contributed by atoms with van der Waals surface area (Å²) < 4.78 is 10.5. The van der Waals surface area contributed by atoms with Gasteiger partial charge in [-0.3, -0.25) is 9.59 Å². The third kappa shape index (κ3) is 1.86. The number of phenols is 1. The summed E-state index contributed by atoms with van der Waals surface area (Å²) in [7, 11) is 1.33. The summed E-state index contributed by atoms with van der Waals surface area (Å²) in [5.74, 6) is 0.286. The van der Waals surface area contributed by atoms with Crippen LogP contribution >= 0.6 is 0 Å². The van der Waals surface area contributed by atoms with E-state index in [9.17, 15) is 14.7 Å². The van der Waals surface area contributed by atoms with Crippen LogP contribution in [0.5, 0.6) is 11.5 Å². The summed E-state index contributed by atoms with van der Waals surface area (Å²) in [6.45, 7) is 1.69. The smallest absolute Gasteiger partial charge is 0.233 e. The number of benzene rings is 1. The minimum Gasteiger partial charge on any atom is -0.504 e. The molecule has 5 heteroatoms. The average Bonchev–Trinajstić information content (AvgIpc) is 2.66. The Bertz CT molecular complexity index is 1030. The van der Waals surface area contributed by atoms with Crippen molar-refractivity contribution in [2.75, 3.05) is 7.11 Å². The molecular formula is C16H12O5. The number of fused-ring (bicyclic) bond motifs is 1. The maximum Gasteiger partial charge on any atom is 0.233 e. The van der Waals surface area contributed by atoms with Crippen LogP contribution in [0.1, 0.15) is 5.76 Å². The molecule has 0 amide bonds. The van der Waals surface area contributed by atoms with Gasteiger partial charge in [0.25, 0.3) is 0 Å². The van der Waals surface area contributed by atoms with E-state index in [2.05, 4.69) is 0 Å². The SMILES string of the molecule is COc1c(O)ccc2c(=O)c3cccc(C)oc=3c(=O)c12. The second-order valence-corrected chi connectivity index (χ2v) is 4.68. The van der Waals surface area contributed by atoms with Crippen LogP contribution in [0.15, 0.2) is 44.3 Å². The van der Waals surface area contributed by atoms with Crippen LogP contribution in [-0.2, 0) is 0 Å². The van der Waals surface area contributed by atoms with Crippen molar-refractivity contribution in [1.29, 1.82) is 0 Å². The Morgan fingerprint density at radius 2 is 1.86 bits per heavy atom. The van der Waals surface area contributed by atoms with Gasteiger partial charge in [-0.05, 0) is 31.2 Å². The van der Waals surface area contributed by atoms with Crippen LogP contribution in [0.25, 0.3) is 10.8 Å². The van der Waals surface area contributed by atoms with Gasteiger partial charge in [-0.25, -0.2) is 0 Å². The fourth-order valence-electron chi connectivity index (χ4n) is 2.40. The monoisotopic (exact) mass is 284 g/mol. The third-order valence-electron chi connectivity index (χ3n) is 3.37. The first-order chi connectivity index (χ1) is 10.0. The molecule has 0 unspecified atom stereocenters. The lowest BCUT2D eigenvalue weighted by Gasteiger charge is -2.06. The van der Waals surface area contributed by atoms with Crippen LogP contribution in [0, 0.1) is 17.6 Å². The predicted octanol–water partition coefficient (Wildman–Crippen LogP) is 1.90. The van der Waals surface area contributed by atoms with Crippen LogP contribution in [0.4, 0.5) is 0 Å². The first-order valence-electron chi connectivity index (χ1n) is 6.31. The van der Waals surface area contributed by atoms with Crippen LogP contribution < -0.4 is 15.6 Å². The van der Waals surface area contributed by atoms with E-state index in [-0.39, 0.29) is 38.3 Å². The summed E-state index contributed by atoms with van der Waals surface area (Å²) >= 11 is 0. The molecule has 1 aliphatic heterocycles. The van der Waals surface area contributed by atoms with E-state index in [0.717, 1.165) is 0 Å². The molecule has 0 spiro atoms. The number of methoxy groups -OCH3 is 1. The van der Waals surface area contributed by atoms with Gasteiger partial charge in [0.1, 0.15) is 5.76 Å². The normalized spacial score (nSPS) is 11.0. The standard InChI is InChI=1S/C16H12O5/c1-8-4-3-5-10-13(18)9-6-7-11(17)16(20-2)12(9)14(19)15(10)21-8/h3-7,17H,1-2H3.